The van der Waals surface area contributed by atoms with Gasteiger partial charge in [-0.2, -0.15) is 0 Å². The molecule has 2 aromatic rings. The van der Waals surface area contributed by atoms with Crippen LogP contribution in [-0.4, -0.2) is 13.0 Å². The van der Waals surface area contributed by atoms with Gasteiger partial charge in [-0.25, -0.2) is 0 Å². The van der Waals surface area contributed by atoms with E-state index in [4.69, 9.17) is 0 Å². The van der Waals surface area contributed by atoms with Gasteiger partial charge >= 0.3 is 0 Å². The molecule has 2 aromatic carbocycles. The van der Waals surface area contributed by atoms with E-state index in [2.05, 4.69) is 36.4 Å². The van der Waals surface area contributed by atoms with Crippen molar-refractivity contribution < 1.29 is 4.79 Å². The highest BCUT2D eigenvalue weighted by atomic mass is 16.2. The Labute approximate surface area is 101 Å². The molecule has 0 radical (unpaired) electrons. The molecule has 0 spiro atoms. The molecule has 0 N–H and O–H groups in total. The summed E-state index contributed by atoms with van der Waals surface area (Å²) in [7, 11) is 1.87. The van der Waals surface area contributed by atoms with Crippen molar-refractivity contribution in [3.8, 4) is 0 Å². The van der Waals surface area contributed by atoms with Crippen molar-refractivity contribution in [2.75, 3.05) is 11.9 Å². The summed E-state index contributed by atoms with van der Waals surface area (Å²) in [5.74, 6) is 0.297. The van der Waals surface area contributed by atoms with Crippen LogP contribution in [0, 0.1) is 5.92 Å². The molecule has 1 aliphatic rings. The predicted octanol–water partition coefficient (Wildman–Crippen LogP) is 2.99. The third-order valence-corrected chi connectivity index (χ3v) is 3.64. The molecular weight excluding hydrogens is 210 g/mol. The summed E-state index contributed by atoms with van der Waals surface area (Å²) >= 11 is 0. The topological polar surface area (TPSA) is 20.3 Å². The molecule has 3 rings (SSSR count). The van der Waals surface area contributed by atoms with Crippen LogP contribution in [-0.2, 0) is 11.2 Å². The predicted molar refractivity (Wildman–Crippen MR) is 70.2 cm³/mol. The Morgan fingerprint density at radius 3 is 2.76 bits per heavy atom. The average Bonchev–Trinajstić information content (AvgIpc) is 2.36. The summed E-state index contributed by atoms with van der Waals surface area (Å²) in [6, 6.07) is 12.5. The van der Waals surface area contributed by atoms with Crippen LogP contribution in [0.2, 0.25) is 0 Å². The van der Waals surface area contributed by atoms with Crippen molar-refractivity contribution in [3.63, 3.8) is 0 Å². The van der Waals surface area contributed by atoms with E-state index in [-0.39, 0.29) is 11.8 Å². The number of hydrogen-bond donors (Lipinski definition) is 0. The van der Waals surface area contributed by atoms with Crippen LogP contribution in [0.5, 0.6) is 0 Å². The molecule has 0 saturated heterocycles. The Morgan fingerprint density at radius 1 is 1.18 bits per heavy atom. The Kier molecular flexibility index (Phi) is 2.18. The monoisotopic (exact) mass is 225 g/mol. The van der Waals surface area contributed by atoms with Gasteiger partial charge < -0.3 is 4.90 Å². The van der Waals surface area contributed by atoms with Gasteiger partial charge in [-0.1, -0.05) is 37.3 Å². The van der Waals surface area contributed by atoms with Gasteiger partial charge in [0, 0.05) is 18.7 Å². The van der Waals surface area contributed by atoms with E-state index in [0.29, 0.717) is 0 Å². The summed E-state index contributed by atoms with van der Waals surface area (Å²) in [6.45, 7) is 2.00. The van der Waals surface area contributed by atoms with Crippen molar-refractivity contribution in [3.05, 3.63) is 42.0 Å². The van der Waals surface area contributed by atoms with E-state index in [9.17, 15) is 4.79 Å². The molecule has 2 heteroatoms. The quantitative estimate of drug-likeness (QED) is 0.675. The zero-order chi connectivity index (χ0) is 12.0. The second kappa shape index (κ2) is 3.59. The fraction of sp³-hybridized carbons (Fsp3) is 0.267. The molecule has 1 unspecified atom stereocenters. The average molecular weight is 225 g/mol. The number of rotatable bonds is 0. The molecule has 0 bridgehead atoms. The zero-order valence-corrected chi connectivity index (χ0v) is 10.1. The highest BCUT2D eigenvalue weighted by Gasteiger charge is 2.28. The third kappa shape index (κ3) is 1.44. The van der Waals surface area contributed by atoms with Gasteiger partial charge in [0.25, 0.3) is 0 Å². The SMILES string of the molecule is CC1Cc2c(ccc3ccccc23)N(C)C1=O. The maximum atomic E-state index is 11.9. The van der Waals surface area contributed by atoms with Crippen molar-refractivity contribution >= 4 is 22.4 Å². The largest absolute Gasteiger partial charge is 0.315 e. The fourth-order valence-corrected chi connectivity index (χ4v) is 2.70. The normalized spacial score (nSPS) is 19.5. The number of anilines is 1. The zero-order valence-electron chi connectivity index (χ0n) is 10.1. The molecular formula is C15H15NO. The molecule has 1 amide bonds. The van der Waals surface area contributed by atoms with E-state index < -0.39 is 0 Å². The maximum absolute atomic E-state index is 11.9. The summed E-state index contributed by atoms with van der Waals surface area (Å²) in [5, 5.41) is 2.53. The van der Waals surface area contributed by atoms with E-state index in [1.807, 2.05) is 14.0 Å². The first-order chi connectivity index (χ1) is 8.18. The third-order valence-electron chi connectivity index (χ3n) is 3.64. The summed E-state index contributed by atoms with van der Waals surface area (Å²) in [5.41, 5.74) is 2.37. The van der Waals surface area contributed by atoms with Gasteiger partial charge in [0.2, 0.25) is 5.91 Å². The molecule has 2 nitrogen and oxygen atoms in total. The number of carbonyl (C=O) groups is 1. The summed E-state index contributed by atoms with van der Waals surface area (Å²) in [6.07, 6.45) is 0.847. The molecule has 0 fully saturated rings. The number of hydrogen-bond acceptors (Lipinski definition) is 1. The van der Waals surface area contributed by atoms with Gasteiger partial charge in [0.1, 0.15) is 0 Å². The first-order valence-corrected chi connectivity index (χ1v) is 5.96. The molecule has 0 aliphatic carbocycles. The molecule has 86 valence electrons. The van der Waals surface area contributed by atoms with Gasteiger partial charge in [-0.05, 0) is 28.8 Å². The Morgan fingerprint density at radius 2 is 1.94 bits per heavy atom. The molecule has 0 saturated carbocycles. The second-order valence-corrected chi connectivity index (χ2v) is 4.79. The Hall–Kier alpha value is -1.83. The highest BCUT2D eigenvalue weighted by Crippen LogP contribution is 2.34. The lowest BCUT2D eigenvalue weighted by molar-refractivity contribution is -0.121. The number of nitrogens with zero attached hydrogens (tertiary/aromatic N) is 1. The van der Waals surface area contributed by atoms with Crippen LogP contribution in [0.25, 0.3) is 10.8 Å². The van der Waals surface area contributed by atoms with Gasteiger partial charge in [-0.3, -0.25) is 4.79 Å². The van der Waals surface area contributed by atoms with Crippen molar-refractivity contribution in [1.29, 1.82) is 0 Å². The fourth-order valence-electron chi connectivity index (χ4n) is 2.70. The maximum Gasteiger partial charge on any atom is 0.229 e. The van der Waals surface area contributed by atoms with Crippen LogP contribution in [0.15, 0.2) is 36.4 Å². The molecule has 0 aromatic heterocycles. The molecule has 1 aliphatic heterocycles. The van der Waals surface area contributed by atoms with Crippen molar-refractivity contribution in [2.45, 2.75) is 13.3 Å². The lowest BCUT2D eigenvalue weighted by Gasteiger charge is -2.30. The standard InChI is InChI=1S/C15H15NO/c1-10-9-13-12-6-4-3-5-11(12)7-8-14(13)16(2)15(10)17/h3-8,10H,9H2,1-2H3. The van der Waals surface area contributed by atoms with Crippen LogP contribution in [0.1, 0.15) is 12.5 Å². The van der Waals surface area contributed by atoms with Crippen LogP contribution >= 0.6 is 0 Å². The van der Waals surface area contributed by atoms with E-state index in [1.54, 1.807) is 4.90 Å². The number of amides is 1. The summed E-state index contributed by atoms with van der Waals surface area (Å²) < 4.78 is 0. The molecule has 1 heterocycles. The van der Waals surface area contributed by atoms with Crippen molar-refractivity contribution in [1.82, 2.24) is 0 Å². The van der Waals surface area contributed by atoms with E-state index in [1.165, 1.54) is 16.3 Å². The van der Waals surface area contributed by atoms with Crippen molar-refractivity contribution in [2.24, 2.45) is 5.92 Å². The van der Waals surface area contributed by atoms with Crippen LogP contribution in [0.4, 0.5) is 5.69 Å². The first kappa shape index (κ1) is 10.3. The Balaban J connectivity index is 2.30. The lowest BCUT2D eigenvalue weighted by Crippen LogP contribution is -2.37. The number of fused-ring (bicyclic) bond motifs is 3. The highest BCUT2D eigenvalue weighted by molar-refractivity contribution is 6.02. The first-order valence-electron chi connectivity index (χ1n) is 5.96. The van der Waals surface area contributed by atoms with Crippen LogP contribution in [0.3, 0.4) is 0 Å². The minimum Gasteiger partial charge on any atom is -0.315 e. The number of benzene rings is 2. The van der Waals surface area contributed by atoms with Gasteiger partial charge in [0.05, 0.1) is 0 Å². The second-order valence-electron chi connectivity index (χ2n) is 4.79. The molecule has 1 atom stereocenters. The van der Waals surface area contributed by atoms with E-state index in [0.717, 1.165) is 12.1 Å². The lowest BCUT2D eigenvalue weighted by atomic mass is 9.89. The minimum atomic E-state index is 0.0818. The Bertz CT molecular complexity index is 603. The summed E-state index contributed by atoms with van der Waals surface area (Å²) in [4.78, 5) is 13.7. The van der Waals surface area contributed by atoms with Crippen LogP contribution < -0.4 is 4.90 Å². The molecule has 17 heavy (non-hydrogen) atoms. The smallest absolute Gasteiger partial charge is 0.229 e. The van der Waals surface area contributed by atoms with Gasteiger partial charge in [0.15, 0.2) is 0 Å². The van der Waals surface area contributed by atoms with E-state index >= 15 is 0 Å². The minimum absolute atomic E-state index is 0.0818. The van der Waals surface area contributed by atoms with Gasteiger partial charge in [-0.15, -0.1) is 0 Å². The number of carbonyl (C=O) groups excluding carboxylic acids is 1.